The number of nitrogens with one attached hydrogen (secondary N) is 1. The van der Waals surface area contributed by atoms with Crippen molar-refractivity contribution in [3.8, 4) is 0 Å². The molecule has 1 N–H and O–H groups in total. The van der Waals surface area contributed by atoms with Crippen molar-refractivity contribution < 1.29 is 22.3 Å². The molecule has 3 heterocycles. The number of ether oxygens (including phenoxy) is 1. The third-order valence-electron chi connectivity index (χ3n) is 6.75. The van der Waals surface area contributed by atoms with E-state index >= 15 is 4.39 Å². The summed E-state index contributed by atoms with van der Waals surface area (Å²) in [6, 6.07) is 4.86. The third-order valence-corrected chi connectivity index (χ3v) is 6.75. The van der Waals surface area contributed by atoms with Gasteiger partial charge in [0.15, 0.2) is 11.6 Å². The molecule has 0 bridgehead atoms. The maximum atomic E-state index is 15.5. The van der Waals surface area contributed by atoms with Gasteiger partial charge in [0.1, 0.15) is 6.33 Å². The second-order valence-electron chi connectivity index (χ2n) is 10.3. The van der Waals surface area contributed by atoms with Crippen LogP contribution in [0.2, 0.25) is 0 Å². The van der Waals surface area contributed by atoms with Crippen molar-refractivity contribution in [2.45, 2.75) is 64.8 Å². The largest absolute Gasteiger partial charge is 0.416 e. The van der Waals surface area contributed by atoms with E-state index in [1.807, 2.05) is 4.90 Å². The van der Waals surface area contributed by atoms with Crippen molar-refractivity contribution in [2.24, 2.45) is 11.3 Å². The molecular weight excluding hydrogens is 448 g/mol. The minimum absolute atomic E-state index is 0.0213. The Bertz CT molecular complexity index is 974. The number of hydrogen-bond donors (Lipinski definition) is 1. The van der Waals surface area contributed by atoms with Gasteiger partial charge in [-0.1, -0.05) is 32.9 Å². The predicted octanol–water partition coefficient (Wildman–Crippen LogP) is 6.23. The summed E-state index contributed by atoms with van der Waals surface area (Å²) in [6.07, 6.45) is 0.495. The number of nitrogens with zero attached hydrogens (tertiary/aromatic N) is 3. The molecule has 3 unspecified atom stereocenters. The first-order valence-corrected chi connectivity index (χ1v) is 11.9. The lowest BCUT2D eigenvalue weighted by molar-refractivity contribution is -0.137. The molecule has 2 aliphatic heterocycles. The Balaban J connectivity index is 1.51. The predicted molar refractivity (Wildman–Crippen MR) is 123 cm³/mol. The van der Waals surface area contributed by atoms with E-state index in [-0.39, 0.29) is 35.1 Å². The van der Waals surface area contributed by atoms with Crippen molar-refractivity contribution in [1.82, 2.24) is 9.97 Å². The fraction of sp³-hybridized carbons (Fsp3) is 0.600. The molecule has 2 aromatic rings. The zero-order chi connectivity index (χ0) is 24.5. The normalized spacial score (nSPS) is 23.9. The molecule has 0 amide bonds. The molecule has 186 valence electrons. The molecule has 5 nitrogen and oxygen atoms in total. The molecule has 0 saturated carbocycles. The maximum absolute atomic E-state index is 15.5. The van der Waals surface area contributed by atoms with E-state index in [9.17, 15) is 13.2 Å². The van der Waals surface area contributed by atoms with E-state index in [2.05, 4.69) is 36.1 Å². The van der Waals surface area contributed by atoms with Gasteiger partial charge in [0.2, 0.25) is 5.82 Å². The van der Waals surface area contributed by atoms with Crippen LogP contribution < -0.4 is 10.2 Å². The van der Waals surface area contributed by atoms with Gasteiger partial charge in [0, 0.05) is 25.6 Å². The highest BCUT2D eigenvalue weighted by molar-refractivity contribution is 5.53. The summed E-state index contributed by atoms with van der Waals surface area (Å²) < 4.78 is 60.4. The van der Waals surface area contributed by atoms with Gasteiger partial charge in [-0.05, 0) is 48.8 Å². The summed E-state index contributed by atoms with van der Waals surface area (Å²) in [6.45, 7) is 8.29. The minimum atomic E-state index is -4.39. The van der Waals surface area contributed by atoms with Crippen molar-refractivity contribution >= 4 is 11.6 Å². The van der Waals surface area contributed by atoms with Gasteiger partial charge in [0.25, 0.3) is 0 Å². The van der Waals surface area contributed by atoms with Gasteiger partial charge in [-0.3, -0.25) is 0 Å². The standard InChI is InChI=1S/C25H32F4N4O/c1-24(2,3)21-17(6-5-13-34-21)14-30-22-20(26)23(32-15-31-22)33-12-4-7-19(33)16-8-10-18(11-9-16)25(27,28)29/h8-11,15,17,19,21H,4-7,12-14H2,1-3H3,(H,30,31,32). The van der Waals surface area contributed by atoms with Crippen LogP contribution in [0.5, 0.6) is 0 Å². The zero-order valence-corrected chi connectivity index (χ0v) is 19.8. The van der Waals surface area contributed by atoms with E-state index in [0.717, 1.165) is 38.0 Å². The van der Waals surface area contributed by atoms with Crippen LogP contribution in [0.15, 0.2) is 30.6 Å². The summed E-state index contributed by atoms with van der Waals surface area (Å²) >= 11 is 0. The van der Waals surface area contributed by atoms with Gasteiger partial charge < -0.3 is 15.0 Å². The highest BCUT2D eigenvalue weighted by Crippen LogP contribution is 2.39. The molecule has 0 spiro atoms. The monoisotopic (exact) mass is 480 g/mol. The SMILES string of the molecule is CC(C)(C)C1OCCCC1CNc1ncnc(N2CCCC2c2ccc(C(F)(F)F)cc2)c1F. The Morgan fingerprint density at radius 1 is 1.06 bits per heavy atom. The number of aromatic nitrogens is 2. The third kappa shape index (κ3) is 5.29. The number of halogens is 4. The Morgan fingerprint density at radius 3 is 2.47 bits per heavy atom. The lowest BCUT2D eigenvalue weighted by atomic mass is 9.78. The van der Waals surface area contributed by atoms with Crippen LogP contribution >= 0.6 is 0 Å². The molecule has 9 heteroatoms. The lowest BCUT2D eigenvalue weighted by Gasteiger charge is -2.40. The van der Waals surface area contributed by atoms with Crippen molar-refractivity contribution in [1.29, 1.82) is 0 Å². The number of hydrogen-bond acceptors (Lipinski definition) is 5. The fourth-order valence-electron chi connectivity index (χ4n) is 5.18. The number of rotatable bonds is 5. The summed E-state index contributed by atoms with van der Waals surface area (Å²) in [7, 11) is 0. The lowest BCUT2D eigenvalue weighted by Crippen LogP contribution is -2.42. The molecule has 2 fully saturated rings. The molecule has 2 aliphatic rings. The zero-order valence-electron chi connectivity index (χ0n) is 19.8. The Labute approximate surface area is 197 Å². The van der Waals surface area contributed by atoms with Crippen molar-refractivity contribution in [3.63, 3.8) is 0 Å². The quantitative estimate of drug-likeness (QED) is 0.514. The molecule has 34 heavy (non-hydrogen) atoms. The Hall–Kier alpha value is -2.42. The molecule has 1 aromatic carbocycles. The number of benzene rings is 1. The van der Waals surface area contributed by atoms with Crippen LogP contribution in [0.25, 0.3) is 0 Å². The summed E-state index contributed by atoms with van der Waals surface area (Å²) in [5.74, 6) is 0.0112. The molecule has 3 atom stereocenters. The second kappa shape index (κ2) is 9.68. The summed E-state index contributed by atoms with van der Waals surface area (Å²) in [5, 5.41) is 3.17. The summed E-state index contributed by atoms with van der Waals surface area (Å²) in [5.41, 5.74) is -0.00167. The van der Waals surface area contributed by atoms with Crippen molar-refractivity contribution in [3.05, 3.63) is 47.5 Å². The van der Waals surface area contributed by atoms with Gasteiger partial charge in [-0.15, -0.1) is 0 Å². The average molecular weight is 481 g/mol. The fourth-order valence-corrected chi connectivity index (χ4v) is 5.18. The van der Waals surface area contributed by atoms with Gasteiger partial charge in [0.05, 0.1) is 17.7 Å². The van der Waals surface area contributed by atoms with Crippen LogP contribution in [-0.4, -0.2) is 35.8 Å². The molecule has 2 saturated heterocycles. The van der Waals surface area contributed by atoms with Gasteiger partial charge >= 0.3 is 6.18 Å². The second-order valence-corrected chi connectivity index (χ2v) is 10.3. The first-order chi connectivity index (χ1) is 16.1. The topological polar surface area (TPSA) is 50.3 Å². The van der Waals surface area contributed by atoms with Crippen LogP contribution in [0.3, 0.4) is 0 Å². The van der Waals surface area contributed by atoms with E-state index in [0.29, 0.717) is 25.1 Å². The number of anilines is 2. The van der Waals surface area contributed by atoms with Crippen LogP contribution in [0, 0.1) is 17.2 Å². The number of alkyl halides is 3. The van der Waals surface area contributed by atoms with Crippen LogP contribution in [-0.2, 0) is 10.9 Å². The minimum Gasteiger partial charge on any atom is -0.377 e. The Morgan fingerprint density at radius 2 is 1.79 bits per heavy atom. The average Bonchev–Trinajstić information content (AvgIpc) is 3.27. The van der Waals surface area contributed by atoms with Crippen molar-refractivity contribution in [2.75, 3.05) is 29.9 Å². The van der Waals surface area contributed by atoms with E-state index < -0.39 is 17.6 Å². The van der Waals surface area contributed by atoms with E-state index in [1.54, 1.807) is 0 Å². The maximum Gasteiger partial charge on any atom is 0.416 e. The van der Waals surface area contributed by atoms with Crippen LogP contribution in [0.4, 0.5) is 29.2 Å². The molecule has 1 aromatic heterocycles. The molecular formula is C25H32F4N4O. The molecule has 0 aliphatic carbocycles. The van der Waals surface area contributed by atoms with E-state index in [4.69, 9.17) is 4.74 Å². The Kier molecular flexibility index (Phi) is 7.03. The molecule has 0 radical (unpaired) electrons. The first kappa shape index (κ1) is 24.7. The smallest absolute Gasteiger partial charge is 0.377 e. The van der Waals surface area contributed by atoms with Crippen LogP contribution in [0.1, 0.15) is 63.6 Å². The molecule has 4 rings (SSSR count). The highest BCUT2D eigenvalue weighted by Gasteiger charge is 2.36. The summed E-state index contributed by atoms with van der Waals surface area (Å²) in [4.78, 5) is 10.2. The van der Waals surface area contributed by atoms with E-state index in [1.165, 1.54) is 18.5 Å². The van der Waals surface area contributed by atoms with Gasteiger partial charge in [-0.25, -0.2) is 9.97 Å². The van der Waals surface area contributed by atoms with Gasteiger partial charge in [-0.2, -0.15) is 17.6 Å². The highest BCUT2D eigenvalue weighted by atomic mass is 19.4. The first-order valence-electron chi connectivity index (χ1n) is 11.9.